The van der Waals surface area contributed by atoms with E-state index >= 15 is 0 Å². The molecular formula is C10H11NO. The molecule has 0 atom stereocenters. The van der Waals surface area contributed by atoms with Gasteiger partial charge in [-0.25, -0.2) is 0 Å². The predicted octanol–water partition coefficient (Wildman–Crippen LogP) is 1.59. The quantitative estimate of drug-likeness (QED) is 0.528. The number of hydrogen-bond acceptors (Lipinski definition) is 2. The maximum Gasteiger partial charge on any atom is 0.148 e. The molecule has 0 spiro atoms. The molecule has 0 aromatic heterocycles. The zero-order valence-corrected chi connectivity index (χ0v) is 7.00. The Morgan fingerprint density at radius 2 is 2.33 bits per heavy atom. The highest BCUT2D eigenvalue weighted by Crippen LogP contribution is 2.21. The number of aryl methyl sites for hydroxylation is 1. The van der Waals surface area contributed by atoms with E-state index in [1.165, 1.54) is 0 Å². The molecule has 1 rings (SSSR count). The lowest BCUT2D eigenvalue weighted by atomic mass is 10.2. The minimum Gasteiger partial charge on any atom is -0.479 e. The lowest BCUT2D eigenvalue weighted by molar-refractivity contribution is 0.372. The molecule has 0 aliphatic rings. The van der Waals surface area contributed by atoms with Crippen molar-refractivity contribution < 1.29 is 4.74 Å². The van der Waals surface area contributed by atoms with Gasteiger partial charge in [0, 0.05) is 0 Å². The number of anilines is 1. The van der Waals surface area contributed by atoms with Gasteiger partial charge in [-0.3, -0.25) is 0 Å². The third-order valence-corrected chi connectivity index (χ3v) is 1.48. The smallest absolute Gasteiger partial charge is 0.148 e. The van der Waals surface area contributed by atoms with Crippen LogP contribution in [0.25, 0.3) is 0 Å². The van der Waals surface area contributed by atoms with E-state index in [-0.39, 0.29) is 6.61 Å². The van der Waals surface area contributed by atoms with E-state index in [4.69, 9.17) is 16.9 Å². The first-order valence-electron chi connectivity index (χ1n) is 3.66. The number of nitrogen functional groups attached to an aromatic ring is 1. The summed E-state index contributed by atoms with van der Waals surface area (Å²) in [5.74, 6) is 3.03. The van der Waals surface area contributed by atoms with E-state index in [1.807, 2.05) is 25.1 Å². The van der Waals surface area contributed by atoms with E-state index in [9.17, 15) is 0 Å². The first-order chi connectivity index (χ1) is 5.74. The summed E-state index contributed by atoms with van der Waals surface area (Å²) in [6.45, 7) is 2.23. The van der Waals surface area contributed by atoms with Gasteiger partial charge in [0.15, 0.2) is 0 Å². The van der Waals surface area contributed by atoms with Crippen molar-refractivity contribution in [3.63, 3.8) is 0 Å². The van der Waals surface area contributed by atoms with Gasteiger partial charge in [-0.05, 0) is 24.6 Å². The van der Waals surface area contributed by atoms with Crippen LogP contribution in [0.3, 0.4) is 0 Å². The molecule has 0 fully saturated rings. The van der Waals surface area contributed by atoms with Crippen LogP contribution in [0.5, 0.6) is 5.75 Å². The zero-order chi connectivity index (χ0) is 8.97. The van der Waals surface area contributed by atoms with E-state index in [1.54, 1.807) is 0 Å². The lowest BCUT2D eigenvalue weighted by Crippen LogP contribution is -1.97. The Balaban J connectivity index is 2.81. The fourth-order valence-electron chi connectivity index (χ4n) is 0.919. The van der Waals surface area contributed by atoms with Crippen LogP contribution in [-0.4, -0.2) is 6.61 Å². The number of benzene rings is 1. The van der Waals surface area contributed by atoms with Gasteiger partial charge in [-0.2, -0.15) is 0 Å². The van der Waals surface area contributed by atoms with Crippen molar-refractivity contribution in [2.24, 2.45) is 0 Å². The summed E-state index contributed by atoms with van der Waals surface area (Å²) in [6, 6.07) is 5.61. The third-order valence-electron chi connectivity index (χ3n) is 1.48. The Kier molecular flexibility index (Phi) is 2.60. The molecule has 0 saturated carbocycles. The molecule has 0 saturated heterocycles. The van der Waals surface area contributed by atoms with Crippen molar-refractivity contribution in [3.05, 3.63) is 23.8 Å². The minimum absolute atomic E-state index is 0.257. The van der Waals surface area contributed by atoms with Gasteiger partial charge in [0.2, 0.25) is 0 Å². The summed E-state index contributed by atoms with van der Waals surface area (Å²) in [5, 5.41) is 0. The van der Waals surface area contributed by atoms with Gasteiger partial charge in [0.1, 0.15) is 12.4 Å². The van der Waals surface area contributed by atoms with Crippen molar-refractivity contribution in [3.8, 4) is 18.1 Å². The SMILES string of the molecule is C#CCOc1ccc(C)cc1N. The fourth-order valence-corrected chi connectivity index (χ4v) is 0.919. The third kappa shape index (κ3) is 1.93. The van der Waals surface area contributed by atoms with Gasteiger partial charge >= 0.3 is 0 Å². The summed E-state index contributed by atoms with van der Waals surface area (Å²) in [5.41, 5.74) is 7.41. The highest BCUT2D eigenvalue weighted by Gasteiger charge is 1.97. The van der Waals surface area contributed by atoms with Gasteiger partial charge in [0.05, 0.1) is 5.69 Å². The van der Waals surface area contributed by atoms with Crippen LogP contribution in [0.2, 0.25) is 0 Å². The number of rotatable bonds is 2. The Hall–Kier alpha value is -1.62. The predicted molar refractivity (Wildman–Crippen MR) is 49.9 cm³/mol. The van der Waals surface area contributed by atoms with Crippen LogP contribution >= 0.6 is 0 Å². The van der Waals surface area contributed by atoms with Crippen LogP contribution in [-0.2, 0) is 0 Å². The molecular weight excluding hydrogens is 150 g/mol. The van der Waals surface area contributed by atoms with Crippen molar-refractivity contribution in [2.75, 3.05) is 12.3 Å². The molecule has 0 radical (unpaired) electrons. The topological polar surface area (TPSA) is 35.2 Å². The molecule has 62 valence electrons. The highest BCUT2D eigenvalue weighted by atomic mass is 16.5. The van der Waals surface area contributed by atoms with Gasteiger partial charge in [0.25, 0.3) is 0 Å². The molecule has 1 aromatic carbocycles. The van der Waals surface area contributed by atoms with Crippen LogP contribution in [0, 0.1) is 19.3 Å². The van der Waals surface area contributed by atoms with Crippen molar-refractivity contribution in [2.45, 2.75) is 6.92 Å². The maximum atomic E-state index is 5.67. The normalized spacial score (nSPS) is 9.00. The molecule has 1 aromatic rings. The molecule has 0 bridgehead atoms. The minimum atomic E-state index is 0.257. The molecule has 0 aliphatic carbocycles. The molecule has 12 heavy (non-hydrogen) atoms. The maximum absolute atomic E-state index is 5.67. The van der Waals surface area contributed by atoms with Gasteiger partial charge in [-0.1, -0.05) is 12.0 Å². The summed E-state index contributed by atoms with van der Waals surface area (Å²) in [4.78, 5) is 0. The Bertz CT molecular complexity index is 312. The number of terminal acetylenes is 1. The first kappa shape index (κ1) is 8.48. The number of hydrogen-bond donors (Lipinski definition) is 1. The van der Waals surface area contributed by atoms with Crippen LogP contribution < -0.4 is 10.5 Å². The largest absolute Gasteiger partial charge is 0.479 e. The monoisotopic (exact) mass is 161 g/mol. The molecule has 2 N–H and O–H groups in total. The van der Waals surface area contributed by atoms with E-state index in [0.29, 0.717) is 11.4 Å². The molecule has 0 unspecified atom stereocenters. The average molecular weight is 161 g/mol. The molecule has 2 nitrogen and oxygen atoms in total. The molecule has 0 heterocycles. The lowest BCUT2D eigenvalue weighted by Gasteiger charge is -2.05. The van der Waals surface area contributed by atoms with Crippen molar-refractivity contribution in [1.29, 1.82) is 0 Å². The van der Waals surface area contributed by atoms with Crippen LogP contribution in [0.1, 0.15) is 5.56 Å². The van der Waals surface area contributed by atoms with E-state index in [0.717, 1.165) is 5.56 Å². The average Bonchev–Trinajstić information content (AvgIpc) is 2.03. The Morgan fingerprint density at radius 1 is 1.58 bits per heavy atom. The van der Waals surface area contributed by atoms with E-state index < -0.39 is 0 Å². The van der Waals surface area contributed by atoms with Crippen LogP contribution in [0.4, 0.5) is 5.69 Å². The number of ether oxygens (including phenoxy) is 1. The van der Waals surface area contributed by atoms with Crippen LogP contribution in [0.15, 0.2) is 18.2 Å². The highest BCUT2D eigenvalue weighted by molar-refractivity contribution is 5.54. The number of nitrogens with two attached hydrogens (primary N) is 1. The second kappa shape index (κ2) is 3.68. The summed E-state index contributed by atoms with van der Waals surface area (Å²) >= 11 is 0. The molecule has 0 aliphatic heterocycles. The van der Waals surface area contributed by atoms with Gasteiger partial charge in [-0.15, -0.1) is 6.42 Å². The Morgan fingerprint density at radius 3 is 2.92 bits per heavy atom. The van der Waals surface area contributed by atoms with E-state index in [2.05, 4.69) is 5.92 Å². The Labute approximate surface area is 72.3 Å². The summed E-state index contributed by atoms with van der Waals surface area (Å²) < 4.78 is 5.18. The molecule has 2 heteroatoms. The fraction of sp³-hybridized carbons (Fsp3) is 0.200. The summed E-state index contributed by atoms with van der Waals surface area (Å²) in [7, 11) is 0. The zero-order valence-electron chi connectivity index (χ0n) is 7.00. The van der Waals surface area contributed by atoms with Gasteiger partial charge < -0.3 is 10.5 Å². The molecule has 0 amide bonds. The van der Waals surface area contributed by atoms with Crippen molar-refractivity contribution in [1.82, 2.24) is 0 Å². The standard InChI is InChI=1S/C10H11NO/c1-3-6-12-10-5-4-8(2)7-9(10)11/h1,4-5,7H,6,11H2,2H3. The second-order valence-corrected chi connectivity index (χ2v) is 2.53. The summed E-state index contributed by atoms with van der Waals surface area (Å²) in [6.07, 6.45) is 5.04. The van der Waals surface area contributed by atoms with Crippen molar-refractivity contribution >= 4 is 5.69 Å². The first-order valence-corrected chi connectivity index (χ1v) is 3.66. The second-order valence-electron chi connectivity index (χ2n) is 2.53.